The predicted octanol–water partition coefficient (Wildman–Crippen LogP) is 5.12. The van der Waals surface area contributed by atoms with Crippen LogP contribution in [0, 0.1) is 15.2 Å². The quantitative estimate of drug-likeness (QED) is 0.661. The molecule has 0 heterocycles. The maximum atomic E-state index is 13.4. The second-order valence-corrected chi connectivity index (χ2v) is 6.29. The van der Waals surface area contributed by atoms with Crippen LogP contribution in [-0.2, 0) is 6.42 Å². The lowest BCUT2D eigenvalue weighted by molar-refractivity contribution is 0.542. The molecule has 0 aliphatic rings. The molecule has 2 aromatic rings. The van der Waals surface area contributed by atoms with Crippen molar-refractivity contribution >= 4 is 34.2 Å². The summed E-state index contributed by atoms with van der Waals surface area (Å²) < 4.78 is 27.5. The van der Waals surface area contributed by atoms with E-state index in [1.165, 1.54) is 24.3 Å². The van der Waals surface area contributed by atoms with E-state index in [1.807, 2.05) is 6.92 Å². The van der Waals surface area contributed by atoms with E-state index in [0.717, 1.165) is 21.2 Å². The van der Waals surface area contributed by atoms with Gasteiger partial charge in [0.1, 0.15) is 11.6 Å². The highest BCUT2D eigenvalue weighted by Gasteiger charge is 2.16. The fourth-order valence-corrected chi connectivity index (χ4v) is 3.29. The normalized spacial score (nSPS) is 12.4. The van der Waals surface area contributed by atoms with Crippen LogP contribution < -0.4 is 5.32 Å². The third-order valence-corrected chi connectivity index (χ3v) is 4.52. The van der Waals surface area contributed by atoms with Crippen molar-refractivity contribution in [2.75, 3.05) is 6.54 Å². The first-order valence-electron chi connectivity index (χ1n) is 6.63. The van der Waals surface area contributed by atoms with Crippen LogP contribution in [0.25, 0.3) is 0 Å². The minimum Gasteiger partial charge on any atom is -0.310 e. The molecule has 112 valence electrons. The van der Waals surface area contributed by atoms with E-state index in [0.29, 0.717) is 11.4 Å². The molecule has 0 aliphatic heterocycles. The van der Waals surface area contributed by atoms with Gasteiger partial charge < -0.3 is 5.32 Å². The van der Waals surface area contributed by atoms with Gasteiger partial charge in [0.15, 0.2) is 0 Å². The summed E-state index contributed by atoms with van der Waals surface area (Å²) in [7, 11) is 0. The first-order valence-corrected chi connectivity index (χ1v) is 8.09. The Labute approximate surface area is 141 Å². The van der Waals surface area contributed by atoms with E-state index in [4.69, 9.17) is 11.6 Å². The van der Waals surface area contributed by atoms with Crippen LogP contribution in [0.5, 0.6) is 0 Å². The Kier molecular flexibility index (Phi) is 5.96. The highest BCUT2D eigenvalue weighted by molar-refractivity contribution is 14.1. The summed E-state index contributed by atoms with van der Waals surface area (Å²) >= 11 is 8.25. The van der Waals surface area contributed by atoms with Crippen molar-refractivity contribution < 1.29 is 8.78 Å². The lowest BCUT2D eigenvalue weighted by Crippen LogP contribution is -2.24. The van der Waals surface area contributed by atoms with Crippen molar-refractivity contribution in [2.24, 2.45) is 0 Å². The topological polar surface area (TPSA) is 12.0 Å². The van der Waals surface area contributed by atoms with Crippen molar-refractivity contribution in [2.45, 2.75) is 19.4 Å². The van der Waals surface area contributed by atoms with Crippen molar-refractivity contribution in [3.63, 3.8) is 0 Å². The number of likely N-dealkylation sites (N-methyl/N-ethyl adjacent to an activating group) is 1. The van der Waals surface area contributed by atoms with E-state index in [-0.39, 0.29) is 17.7 Å². The molecule has 0 radical (unpaired) electrons. The minimum atomic E-state index is -0.307. The Morgan fingerprint density at radius 2 is 1.81 bits per heavy atom. The molecule has 21 heavy (non-hydrogen) atoms. The number of halogens is 4. The first-order chi connectivity index (χ1) is 10.0. The molecule has 1 nitrogen and oxygen atoms in total. The van der Waals surface area contributed by atoms with Gasteiger partial charge in [0.05, 0.1) is 0 Å². The summed E-state index contributed by atoms with van der Waals surface area (Å²) in [6, 6.07) is 9.01. The molecule has 0 spiro atoms. The molecule has 1 N–H and O–H groups in total. The second kappa shape index (κ2) is 7.51. The predicted molar refractivity (Wildman–Crippen MR) is 90.6 cm³/mol. The molecule has 0 fully saturated rings. The Hall–Kier alpha value is -0.720. The molecule has 0 aliphatic carbocycles. The number of hydrogen-bond acceptors (Lipinski definition) is 1. The fraction of sp³-hybridized carbons (Fsp3) is 0.250. The monoisotopic (exact) mass is 421 g/mol. The smallest absolute Gasteiger partial charge is 0.124 e. The van der Waals surface area contributed by atoms with E-state index >= 15 is 0 Å². The molecule has 0 amide bonds. The Morgan fingerprint density at radius 3 is 2.48 bits per heavy atom. The van der Waals surface area contributed by atoms with Gasteiger partial charge in [0.2, 0.25) is 0 Å². The zero-order valence-electron chi connectivity index (χ0n) is 11.5. The maximum absolute atomic E-state index is 13.4. The molecule has 0 saturated heterocycles. The van der Waals surface area contributed by atoms with Crippen LogP contribution >= 0.6 is 34.2 Å². The van der Waals surface area contributed by atoms with Gasteiger partial charge in [-0.2, -0.15) is 0 Å². The molecule has 2 aromatic carbocycles. The van der Waals surface area contributed by atoms with Gasteiger partial charge in [-0.15, -0.1) is 0 Å². The summed E-state index contributed by atoms with van der Waals surface area (Å²) in [6.07, 6.45) is 0.548. The lowest BCUT2D eigenvalue weighted by atomic mass is 9.98. The zero-order chi connectivity index (χ0) is 15.4. The average molecular weight is 422 g/mol. The van der Waals surface area contributed by atoms with Gasteiger partial charge in [-0.25, -0.2) is 8.78 Å². The minimum absolute atomic E-state index is 0.0400. The third kappa shape index (κ3) is 4.37. The van der Waals surface area contributed by atoms with Crippen LogP contribution in [-0.4, -0.2) is 6.54 Å². The van der Waals surface area contributed by atoms with Crippen molar-refractivity contribution in [3.05, 3.63) is 67.8 Å². The number of benzene rings is 2. The SMILES string of the molecule is CCNC(Cc1cc(F)ccc1Cl)c1ccc(F)cc1I. The summed E-state index contributed by atoms with van der Waals surface area (Å²) in [5.41, 5.74) is 1.72. The summed E-state index contributed by atoms with van der Waals surface area (Å²) in [6.45, 7) is 2.75. The Morgan fingerprint density at radius 1 is 1.14 bits per heavy atom. The van der Waals surface area contributed by atoms with Crippen molar-refractivity contribution in [3.8, 4) is 0 Å². The highest BCUT2D eigenvalue weighted by atomic mass is 127. The van der Waals surface area contributed by atoms with Gasteiger partial charge >= 0.3 is 0 Å². The molecule has 1 atom stereocenters. The molecule has 0 saturated carbocycles. The number of rotatable bonds is 5. The van der Waals surface area contributed by atoms with Crippen LogP contribution in [0.15, 0.2) is 36.4 Å². The van der Waals surface area contributed by atoms with E-state index in [9.17, 15) is 8.78 Å². The largest absolute Gasteiger partial charge is 0.310 e. The van der Waals surface area contributed by atoms with Crippen LogP contribution in [0.3, 0.4) is 0 Å². The average Bonchev–Trinajstić information content (AvgIpc) is 2.42. The highest BCUT2D eigenvalue weighted by Crippen LogP contribution is 2.27. The molecule has 1 unspecified atom stereocenters. The Balaban J connectivity index is 2.32. The molecule has 2 rings (SSSR count). The molecule has 0 bridgehead atoms. The van der Waals surface area contributed by atoms with Gasteiger partial charge in [-0.05, 0) is 77.0 Å². The zero-order valence-corrected chi connectivity index (χ0v) is 14.4. The fourth-order valence-electron chi connectivity index (χ4n) is 2.24. The van der Waals surface area contributed by atoms with Crippen LogP contribution in [0.4, 0.5) is 8.78 Å². The number of nitrogens with one attached hydrogen (secondary N) is 1. The van der Waals surface area contributed by atoms with Gasteiger partial charge in [-0.3, -0.25) is 0 Å². The van der Waals surface area contributed by atoms with Crippen LogP contribution in [0.2, 0.25) is 5.02 Å². The Bertz CT molecular complexity index is 634. The van der Waals surface area contributed by atoms with Crippen LogP contribution in [0.1, 0.15) is 24.1 Å². The summed E-state index contributed by atoms with van der Waals surface area (Å²) in [5, 5.41) is 3.88. The van der Waals surface area contributed by atoms with Gasteiger partial charge in [0, 0.05) is 14.6 Å². The van der Waals surface area contributed by atoms with Crippen molar-refractivity contribution in [1.29, 1.82) is 0 Å². The standard InChI is InChI=1S/C16H15ClF2IN/c1-2-21-16(13-5-3-12(19)9-15(13)20)8-10-7-11(18)4-6-14(10)17/h3-7,9,16,21H,2,8H2,1H3. The molecule has 5 heteroatoms. The first kappa shape index (κ1) is 16.6. The lowest BCUT2D eigenvalue weighted by Gasteiger charge is -2.20. The molecule has 0 aromatic heterocycles. The van der Waals surface area contributed by atoms with Gasteiger partial charge in [0.25, 0.3) is 0 Å². The maximum Gasteiger partial charge on any atom is 0.124 e. The van der Waals surface area contributed by atoms with Gasteiger partial charge in [-0.1, -0.05) is 24.6 Å². The second-order valence-electron chi connectivity index (χ2n) is 4.72. The third-order valence-electron chi connectivity index (χ3n) is 3.22. The van der Waals surface area contributed by atoms with E-state index < -0.39 is 0 Å². The summed E-state index contributed by atoms with van der Waals surface area (Å²) in [4.78, 5) is 0. The van der Waals surface area contributed by atoms with E-state index in [2.05, 4.69) is 27.9 Å². The number of hydrogen-bond donors (Lipinski definition) is 1. The molecular weight excluding hydrogens is 407 g/mol. The van der Waals surface area contributed by atoms with E-state index in [1.54, 1.807) is 12.1 Å². The summed E-state index contributed by atoms with van der Waals surface area (Å²) in [5.74, 6) is -0.569. The van der Waals surface area contributed by atoms with Crippen molar-refractivity contribution in [1.82, 2.24) is 5.32 Å². The molecular formula is C16H15ClF2IN.